The first-order valence-corrected chi connectivity index (χ1v) is 6.32. The number of likely N-dealkylation sites (N-methyl/N-ethyl adjacent to an activating group) is 1. The Balaban J connectivity index is 3.55. The van der Waals surface area contributed by atoms with Crippen molar-refractivity contribution >= 4 is 17.7 Å². The van der Waals surface area contributed by atoms with Crippen LogP contribution in [0.25, 0.3) is 0 Å². The molecule has 0 aromatic rings. The second kappa shape index (κ2) is 8.12. The summed E-state index contributed by atoms with van der Waals surface area (Å²) in [4.78, 5) is 13.1. The number of thioether (sulfide) groups is 1. The van der Waals surface area contributed by atoms with E-state index >= 15 is 0 Å². The zero-order chi connectivity index (χ0) is 11.0. The van der Waals surface area contributed by atoms with Crippen LogP contribution in [0.2, 0.25) is 0 Å². The van der Waals surface area contributed by atoms with Crippen molar-refractivity contribution in [2.45, 2.75) is 26.8 Å². The summed E-state index contributed by atoms with van der Waals surface area (Å²) in [6.07, 6.45) is 0. The zero-order valence-corrected chi connectivity index (χ0v) is 10.5. The van der Waals surface area contributed by atoms with E-state index in [0.717, 1.165) is 18.1 Å². The van der Waals surface area contributed by atoms with Gasteiger partial charge >= 0.3 is 0 Å². The molecule has 1 amide bonds. The number of rotatable bonds is 7. The molecule has 0 radical (unpaired) electrons. The molecule has 0 fully saturated rings. The Labute approximate surface area is 91.6 Å². The normalized spacial score (nSPS) is 12.6. The van der Waals surface area contributed by atoms with Crippen molar-refractivity contribution in [3.63, 3.8) is 0 Å². The molecule has 0 aliphatic heterocycles. The van der Waals surface area contributed by atoms with E-state index in [1.165, 1.54) is 0 Å². The minimum absolute atomic E-state index is 0.167. The highest BCUT2D eigenvalue weighted by atomic mass is 32.2. The van der Waals surface area contributed by atoms with Crippen molar-refractivity contribution in [3.05, 3.63) is 0 Å². The van der Waals surface area contributed by atoms with Crippen LogP contribution in [0.15, 0.2) is 0 Å². The molecule has 0 aliphatic carbocycles. The summed E-state index contributed by atoms with van der Waals surface area (Å²) in [5.74, 6) is 2.37. The zero-order valence-electron chi connectivity index (χ0n) is 9.67. The molecule has 0 spiro atoms. The quantitative estimate of drug-likeness (QED) is 0.697. The minimum Gasteiger partial charge on any atom is -0.345 e. The Morgan fingerprint density at radius 2 is 2.14 bits per heavy atom. The van der Waals surface area contributed by atoms with Crippen LogP contribution in [-0.2, 0) is 4.79 Å². The van der Waals surface area contributed by atoms with Gasteiger partial charge in [-0.3, -0.25) is 4.79 Å². The van der Waals surface area contributed by atoms with E-state index in [0.29, 0.717) is 12.6 Å². The lowest BCUT2D eigenvalue weighted by molar-refractivity contribution is -0.128. The van der Waals surface area contributed by atoms with Crippen molar-refractivity contribution in [2.24, 2.45) is 0 Å². The number of nitrogens with zero attached hydrogens (tertiary/aromatic N) is 1. The van der Waals surface area contributed by atoms with Gasteiger partial charge in [0.2, 0.25) is 5.91 Å². The highest BCUT2D eigenvalue weighted by molar-refractivity contribution is 7.99. The summed E-state index contributed by atoms with van der Waals surface area (Å²) in [5.41, 5.74) is 0. The number of nitrogens with one attached hydrogen (secondary N) is 1. The lowest BCUT2D eigenvalue weighted by Gasteiger charge is -2.17. The third-order valence-electron chi connectivity index (χ3n) is 2.07. The van der Waals surface area contributed by atoms with Crippen LogP contribution in [0.4, 0.5) is 0 Å². The highest BCUT2D eigenvalue weighted by Crippen LogP contribution is 2.00. The maximum atomic E-state index is 11.4. The van der Waals surface area contributed by atoms with Gasteiger partial charge in [0.05, 0.1) is 6.54 Å². The molecule has 0 rings (SSSR count). The first-order chi connectivity index (χ1) is 6.61. The molecule has 0 saturated heterocycles. The molecule has 0 aromatic heterocycles. The third-order valence-corrected chi connectivity index (χ3v) is 3.22. The van der Waals surface area contributed by atoms with E-state index in [1.54, 1.807) is 4.90 Å². The molecule has 14 heavy (non-hydrogen) atoms. The van der Waals surface area contributed by atoms with Gasteiger partial charge in [0.25, 0.3) is 0 Å². The second-order valence-electron chi connectivity index (χ2n) is 3.35. The second-order valence-corrected chi connectivity index (χ2v) is 4.67. The molecule has 1 atom stereocenters. The molecule has 0 heterocycles. The van der Waals surface area contributed by atoms with Crippen LogP contribution >= 0.6 is 11.8 Å². The van der Waals surface area contributed by atoms with Crippen LogP contribution in [0.1, 0.15) is 20.8 Å². The maximum Gasteiger partial charge on any atom is 0.236 e. The van der Waals surface area contributed by atoms with Crippen molar-refractivity contribution in [3.8, 4) is 0 Å². The molecule has 1 N–H and O–H groups in total. The third kappa shape index (κ3) is 6.27. The van der Waals surface area contributed by atoms with Crippen molar-refractivity contribution in [2.75, 3.05) is 31.6 Å². The van der Waals surface area contributed by atoms with Crippen molar-refractivity contribution < 1.29 is 4.79 Å². The van der Waals surface area contributed by atoms with Gasteiger partial charge in [0.1, 0.15) is 0 Å². The highest BCUT2D eigenvalue weighted by Gasteiger charge is 2.07. The number of amides is 1. The van der Waals surface area contributed by atoms with Gasteiger partial charge in [0.15, 0.2) is 0 Å². The van der Waals surface area contributed by atoms with Crippen LogP contribution in [0.3, 0.4) is 0 Å². The van der Waals surface area contributed by atoms with Gasteiger partial charge in [-0.2, -0.15) is 11.8 Å². The Morgan fingerprint density at radius 1 is 1.50 bits per heavy atom. The molecular weight excluding hydrogens is 196 g/mol. The van der Waals surface area contributed by atoms with E-state index in [1.807, 2.05) is 25.7 Å². The molecule has 0 bridgehead atoms. The van der Waals surface area contributed by atoms with Gasteiger partial charge in [-0.15, -0.1) is 0 Å². The molecule has 1 unspecified atom stereocenters. The van der Waals surface area contributed by atoms with E-state index in [2.05, 4.69) is 19.2 Å². The van der Waals surface area contributed by atoms with Crippen molar-refractivity contribution in [1.82, 2.24) is 10.2 Å². The minimum atomic E-state index is 0.167. The average molecular weight is 218 g/mol. The van der Waals surface area contributed by atoms with Gasteiger partial charge in [-0.25, -0.2) is 0 Å². The fraction of sp³-hybridized carbons (Fsp3) is 0.900. The van der Waals surface area contributed by atoms with Crippen LogP contribution in [-0.4, -0.2) is 48.5 Å². The maximum absolute atomic E-state index is 11.4. The Hall–Kier alpha value is -0.220. The summed E-state index contributed by atoms with van der Waals surface area (Å²) in [6.45, 7) is 7.47. The lowest BCUT2D eigenvalue weighted by Crippen LogP contribution is -2.39. The van der Waals surface area contributed by atoms with Crippen LogP contribution in [0.5, 0.6) is 0 Å². The molecule has 0 aromatic carbocycles. The fourth-order valence-electron chi connectivity index (χ4n) is 0.926. The number of hydrogen-bond donors (Lipinski definition) is 1. The van der Waals surface area contributed by atoms with E-state index in [9.17, 15) is 4.79 Å². The topological polar surface area (TPSA) is 32.3 Å². The van der Waals surface area contributed by atoms with E-state index in [-0.39, 0.29) is 5.91 Å². The Kier molecular flexibility index (Phi) is 7.99. The number of carbonyl (C=O) groups excluding carboxylic acids is 1. The molecule has 84 valence electrons. The predicted molar refractivity (Wildman–Crippen MR) is 63.8 cm³/mol. The first kappa shape index (κ1) is 13.8. The monoisotopic (exact) mass is 218 g/mol. The SMILES string of the molecule is CCSCC(C)NCC(=O)N(C)CC. The summed E-state index contributed by atoms with van der Waals surface area (Å²) < 4.78 is 0. The Morgan fingerprint density at radius 3 is 2.64 bits per heavy atom. The summed E-state index contributed by atoms with van der Waals surface area (Å²) in [6, 6.07) is 0.411. The molecular formula is C10H22N2OS. The smallest absolute Gasteiger partial charge is 0.236 e. The van der Waals surface area contributed by atoms with E-state index < -0.39 is 0 Å². The molecule has 0 saturated carbocycles. The van der Waals surface area contributed by atoms with Gasteiger partial charge in [0, 0.05) is 25.4 Å². The van der Waals surface area contributed by atoms with Crippen LogP contribution < -0.4 is 5.32 Å². The number of carbonyl (C=O) groups is 1. The van der Waals surface area contributed by atoms with Gasteiger partial charge < -0.3 is 10.2 Å². The van der Waals surface area contributed by atoms with Crippen LogP contribution in [0, 0.1) is 0 Å². The first-order valence-electron chi connectivity index (χ1n) is 5.16. The van der Waals surface area contributed by atoms with Gasteiger partial charge in [-0.05, 0) is 19.6 Å². The van der Waals surface area contributed by atoms with Crippen molar-refractivity contribution in [1.29, 1.82) is 0 Å². The number of hydrogen-bond acceptors (Lipinski definition) is 3. The van der Waals surface area contributed by atoms with Gasteiger partial charge in [-0.1, -0.05) is 6.92 Å². The fourth-order valence-corrected chi connectivity index (χ4v) is 1.63. The Bertz CT molecular complexity index is 164. The summed E-state index contributed by atoms with van der Waals surface area (Å²) in [5, 5.41) is 3.22. The molecule has 3 nitrogen and oxygen atoms in total. The average Bonchev–Trinajstić information content (AvgIpc) is 2.21. The molecule has 0 aliphatic rings. The summed E-state index contributed by atoms with van der Waals surface area (Å²) >= 11 is 1.89. The standard InChI is InChI=1S/C10H22N2OS/c1-5-12(4)10(13)7-11-9(3)8-14-6-2/h9,11H,5-8H2,1-4H3. The summed E-state index contributed by atoms with van der Waals surface area (Å²) in [7, 11) is 1.83. The van der Waals surface area contributed by atoms with E-state index in [4.69, 9.17) is 0 Å². The lowest BCUT2D eigenvalue weighted by atomic mass is 10.4. The largest absolute Gasteiger partial charge is 0.345 e. The predicted octanol–water partition coefficient (Wildman–Crippen LogP) is 1.20. The molecule has 4 heteroatoms.